The van der Waals surface area contributed by atoms with E-state index >= 15 is 0 Å². The van der Waals surface area contributed by atoms with Gasteiger partial charge in [-0.2, -0.15) is 5.10 Å². The van der Waals surface area contributed by atoms with Crippen LogP contribution in [0, 0.1) is 12.3 Å². The fraction of sp³-hybridized carbons (Fsp3) is 0.320. The van der Waals surface area contributed by atoms with Crippen LogP contribution in [0.2, 0.25) is 0 Å². The molecule has 6 heteroatoms. The summed E-state index contributed by atoms with van der Waals surface area (Å²) in [5.74, 6) is 0.800. The number of amides is 1. The number of ketones is 1. The topological polar surface area (TPSA) is 73.2 Å². The second kappa shape index (κ2) is 8.02. The first-order valence-electron chi connectivity index (χ1n) is 10.4. The van der Waals surface area contributed by atoms with E-state index in [-0.39, 0.29) is 17.1 Å². The minimum Gasteiger partial charge on any atom is -0.497 e. The van der Waals surface area contributed by atoms with Crippen LogP contribution in [-0.2, 0) is 13.0 Å². The first-order valence-corrected chi connectivity index (χ1v) is 10.4. The third-order valence-corrected chi connectivity index (χ3v) is 5.71. The normalized spacial score (nSPS) is 14.8. The van der Waals surface area contributed by atoms with Crippen molar-refractivity contribution in [2.75, 3.05) is 7.11 Å². The minimum absolute atomic E-state index is 0.0877. The molecule has 3 aromatic rings. The second-order valence-electron chi connectivity index (χ2n) is 8.84. The first-order chi connectivity index (χ1) is 14.8. The van der Waals surface area contributed by atoms with Gasteiger partial charge in [0.1, 0.15) is 5.75 Å². The van der Waals surface area contributed by atoms with Gasteiger partial charge in [-0.15, -0.1) is 0 Å². The van der Waals surface area contributed by atoms with Crippen LogP contribution < -0.4 is 10.1 Å². The molecule has 1 heterocycles. The van der Waals surface area contributed by atoms with E-state index in [4.69, 9.17) is 4.74 Å². The first kappa shape index (κ1) is 20.8. The molecule has 0 saturated heterocycles. The van der Waals surface area contributed by atoms with E-state index in [1.807, 2.05) is 48.0 Å². The lowest BCUT2D eigenvalue weighted by atomic mass is 9.75. The molecule has 0 aliphatic heterocycles. The zero-order valence-corrected chi connectivity index (χ0v) is 18.4. The number of hydrogen-bond donors (Lipinski definition) is 1. The highest BCUT2D eigenvalue weighted by atomic mass is 16.5. The van der Waals surface area contributed by atoms with Gasteiger partial charge in [0.15, 0.2) is 5.78 Å². The van der Waals surface area contributed by atoms with E-state index in [1.54, 1.807) is 19.2 Å². The summed E-state index contributed by atoms with van der Waals surface area (Å²) in [7, 11) is 1.62. The van der Waals surface area contributed by atoms with Crippen molar-refractivity contribution in [2.24, 2.45) is 5.41 Å². The van der Waals surface area contributed by atoms with Crippen LogP contribution in [0.15, 0.2) is 48.5 Å². The van der Waals surface area contributed by atoms with Gasteiger partial charge in [0, 0.05) is 18.5 Å². The molecule has 2 aromatic carbocycles. The van der Waals surface area contributed by atoms with Gasteiger partial charge in [0.2, 0.25) is 0 Å². The summed E-state index contributed by atoms with van der Waals surface area (Å²) in [4.78, 5) is 25.2. The summed E-state index contributed by atoms with van der Waals surface area (Å²) in [6.07, 6.45) is 1.33. The van der Waals surface area contributed by atoms with Crippen LogP contribution in [0.1, 0.15) is 57.9 Å². The molecular weight excluding hydrogens is 390 g/mol. The summed E-state index contributed by atoms with van der Waals surface area (Å²) >= 11 is 0. The zero-order valence-electron chi connectivity index (χ0n) is 18.4. The molecule has 0 radical (unpaired) electrons. The molecule has 6 nitrogen and oxygen atoms in total. The van der Waals surface area contributed by atoms with Crippen molar-refractivity contribution >= 4 is 11.7 Å². The fourth-order valence-corrected chi connectivity index (χ4v) is 4.14. The van der Waals surface area contributed by atoms with Crippen LogP contribution >= 0.6 is 0 Å². The number of carbonyl (C=O) groups is 2. The Hall–Kier alpha value is -3.41. The molecule has 0 spiro atoms. The number of fused-ring (bicyclic) bond motifs is 1. The molecule has 0 atom stereocenters. The molecule has 0 saturated carbocycles. The zero-order chi connectivity index (χ0) is 22.2. The lowest BCUT2D eigenvalue weighted by molar-refractivity contribution is 0.0908. The molecule has 0 bridgehead atoms. The number of methoxy groups -OCH3 is 1. The van der Waals surface area contributed by atoms with Gasteiger partial charge in [-0.3, -0.25) is 9.59 Å². The van der Waals surface area contributed by atoms with Gasteiger partial charge in [-0.25, -0.2) is 4.68 Å². The number of rotatable bonds is 5. The lowest BCUT2D eigenvalue weighted by Crippen LogP contribution is -2.28. The highest BCUT2D eigenvalue weighted by molar-refractivity contribution is 6.00. The predicted octanol–water partition coefficient (Wildman–Crippen LogP) is 4.27. The molecule has 31 heavy (non-hydrogen) atoms. The largest absolute Gasteiger partial charge is 0.497 e. The standard InChI is InChI=1S/C25H27N3O3/c1-16-23-21(13-25(2,3)14-22(23)29)28(27-16)19-9-7-18(8-10-19)24(30)26-15-17-5-11-20(31-4)12-6-17/h5-12H,13-15H2,1-4H3,(H,26,30). The Kier molecular flexibility index (Phi) is 5.39. The number of hydrogen-bond acceptors (Lipinski definition) is 4. The highest BCUT2D eigenvalue weighted by Crippen LogP contribution is 2.36. The third-order valence-electron chi connectivity index (χ3n) is 5.71. The number of benzene rings is 2. The number of carbonyl (C=O) groups excluding carboxylic acids is 2. The molecule has 0 fully saturated rings. The van der Waals surface area contributed by atoms with E-state index in [0.717, 1.165) is 40.4 Å². The molecule has 1 aliphatic carbocycles. The van der Waals surface area contributed by atoms with Crippen molar-refractivity contribution in [3.05, 3.63) is 76.6 Å². The van der Waals surface area contributed by atoms with Crippen LogP contribution in [0.5, 0.6) is 5.75 Å². The number of aromatic nitrogens is 2. The quantitative estimate of drug-likeness (QED) is 0.673. The van der Waals surface area contributed by atoms with E-state index in [9.17, 15) is 9.59 Å². The smallest absolute Gasteiger partial charge is 0.251 e. The Bertz CT molecular complexity index is 1130. The fourth-order valence-electron chi connectivity index (χ4n) is 4.14. The average Bonchev–Trinajstić information content (AvgIpc) is 3.07. The Morgan fingerprint density at radius 1 is 1.10 bits per heavy atom. The maximum atomic E-state index is 12.6. The maximum Gasteiger partial charge on any atom is 0.251 e. The molecule has 1 amide bonds. The molecule has 1 N–H and O–H groups in total. The molecule has 0 unspecified atom stereocenters. The van der Waals surface area contributed by atoms with E-state index in [2.05, 4.69) is 24.3 Å². The van der Waals surface area contributed by atoms with Gasteiger partial charge in [-0.1, -0.05) is 26.0 Å². The van der Waals surface area contributed by atoms with Crippen molar-refractivity contribution in [1.29, 1.82) is 0 Å². The van der Waals surface area contributed by atoms with Crippen LogP contribution in [0.4, 0.5) is 0 Å². The molecular formula is C25H27N3O3. The summed E-state index contributed by atoms with van der Waals surface area (Å²) in [6, 6.07) is 14.9. The summed E-state index contributed by atoms with van der Waals surface area (Å²) in [5, 5.41) is 7.56. The summed E-state index contributed by atoms with van der Waals surface area (Å²) in [6.45, 7) is 6.54. The second-order valence-corrected chi connectivity index (χ2v) is 8.84. The van der Waals surface area contributed by atoms with Crippen LogP contribution in [-0.4, -0.2) is 28.6 Å². The van der Waals surface area contributed by atoms with Gasteiger partial charge in [0.05, 0.1) is 29.7 Å². The Labute approximate surface area is 182 Å². The van der Waals surface area contributed by atoms with Gasteiger partial charge < -0.3 is 10.1 Å². The van der Waals surface area contributed by atoms with Crippen molar-refractivity contribution < 1.29 is 14.3 Å². The summed E-state index contributed by atoms with van der Waals surface area (Å²) in [5.41, 5.74) is 4.80. The third kappa shape index (κ3) is 4.24. The molecule has 4 rings (SSSR count). The van der Waals surface area contributed by atoms with Crippen molar-refractivity contribution in [1.82, 2.24) is 15.1 Å². The van der Waals surface area contributed by atoms with E-state index < -0.39 is 0 Å². The average molecular weight is 418 g/mol. The number of Topliss-reactive ketones (excluding diaryl/α,β-unsaturated/α-hetero) is 1. The number of nitrogens with one attached hydrogen (secondary N) is 1. The minimum atomic E-state index is -0.141. The highest BCUT2D eigenvalue weighted by Gasteiger charge is 2.35. The number of ether oxygens (including phenoxy) is 1. The number of aryl methyl sites for hydroxylation is 1. The van der Waals surface area contributed by atoms with E-state index in [0.29, 0.717) is 18.5 Å². The Balaban J connectivity index is 1.50. The van der Waals surface area contributed by atoms with Crippen LogP contribution in [0.25, 0.3) is 5.69 Å². The summed E-state index contributed by atoms with van der Waals surface area (Å²) < 4.78 is 7.00. The van der Waals surface area contributed by atoms with Crippen LogP contribution in [0.3, 0.4) is 0 Å². The van der Waals surface area contributed by atoms with Crippen molar-refractivity contribution in [2.45, 2.75) is 40.2 Å². The maximum absolute atomic E-state index is 12.6. The van der Waals surface area contributed by atoms with Gasteiger partial charge in [-0.05, 0) is 60.7 Å². The lowest BCUT2D eigenvalue weighted by Gasteiger charge is -2.29. The monoisotopic (exact) mass is 417 g/mol. The molecule has 1 aromatic heterocycles. The predicted molar refractivity (Wildman–Crippen MR) is 119 cm³/mol. The molecule has 160 valence electrons. The van der Waals surface area contributed by atoms with Gasteiger partial charge >= 0.3 is 0 Å². The SMILES string of the molecule is COc1ccc(CNC(=O)c2ccc(-n3nc(C)c4c3CC(C)(C)CC4=O)cc2)cc1. The van der Waals surface area contributed by atoms with Gasteiger partial charge in [0.25, 0.3) is 5.91 Å². The van der Waals surface area contributed by atoms with Crippen molar-refractivity contribution in [3.63, 3.8) is 0 Å². The van der Waals surface area contributed by atoms with Crippen molar-refractivity contribution in [3.8, 4) is 11.4 Å². The number of nitrogens with zero attached hydrogens (tertiary/aromatic N) is 2. The Morgan fingerprint density at radius 2 is 1.77 bits per heavy atom. The Morgan fingerprint density at radius 3 is 2.42 bits per heavy atom. The molecule has 1 aliphatic rings. The van der Waals surface area contributed by atoms with E-state index in [1.165, 1.54) is 0 Å².